The van der Waals surface area contributed by atoms with Gasteiger partial charge in [-0.1, -0.05) is 17.7 Å². The maximum atomic E-state index is 13.0. The quantitative estimate of drug-likeness (QED) is 0.528. The molecule has 0 spiro atoms. The highest BCUT2D eigenvalue weighted by Crippen LogP contribution is 2.36. The summed E-state index contributed by atoms with van der Waals surface area (Å²) in [5.41, 5.74) is 5.16. The maximum absolute atomic E-state index is 13.0. The fourth-order valence-corrected chi connectivity index (χ4v) is 1.65. The van der Waals surface area contributed by atoms with Crippen LogP contribution in [-0.4, -0.2) is 4.92 Å². The second-order valence-corrected chi connectivity index (χ2v) is 4.04. The third-order valence-corrected chi connectivity index (χ3v) is 2.62. The first-order valence-corrected chi connectivity index (χ1v) is 5.52. The molecule has 0 aliphatic carbocycles. The first kappa shape index (κ1) is 13.1. The number of nitro groups is 1. The minimum atomic E-state index is -0.643. The molecule has 7 heteroatoms. The molecular weight excluding hydrogens is 275 g/mol. The topological polar surface area (TPSA) is 78.4 Å². The lowest BCUT2D eigenvalue weighted by molar-refractivity contribution is -0.384. The first-order chi connectivity index (χ1) is 8.99. The average molecular weight is 283 g/mol. The van der Waals surface area contributed by atoms with E-state index in [1.165, 1.54) is 30.3 Å². The van der Waals surface area contributed by atoms with Crippen molar-refractivity contribution in [1.29, 1.82) is 0 Å². The van der Waals surface area contributed by atoms with Gasteiger partial charge in [-0.3, -0.25) is 10.1 Å². The van der Waals surface area contributed by atoms with Gasteiger partial charge in [0.25, 0.3) is 0 Å². The van der Waals surface area contributed by atoms with Gasteiger partial charge in [0.1, 0.15) is 17.3 Å². The van der Waals surface area contributed by atoms with E-state index in [4.69, 9.17) is 22.1 Å². The van der Waals surface area contributed by atoms with Gasteiger partial charge in [-0.25, -0.2) is 4.39 Å². The van der Waals surface area contributed by atoms with Gasteiger partial charge < -0.3 is 10.5 Å². The molecule has 0 atom stereocenters. The molecule has 2 N–H and O–H groups in total. The standard InChI is InChI=1S/C12H8ClFN2O3/c13-8-6-7(4-5-9(8)14)19-11-3-1-2-10(15)12(11)16(17)18/h1-6H,15H2. The van der Waals surface area contributed by atoms with Crippen LogP contribution in [0.25, 0.3) is 0 Å². The van der Waals surface area contributed by atoms with E-state index in [1.54, 1.807) is 0 Å². The third-order valence-electron chi connectivity index (χ3n) is 2.33. The number of halogens is 2. The molecule has 0 saturated carbocycles. The van der Waals surface area contributed by atoms with Crippen molar-refractivity contribution in [3.63, 3.8) is 0 Å². The summed E-state index contributed by atoms with van der Waals surface area (Å²) in [7, 11) is 0. The predicted molar refractivity (Wildman–Crippen MR) is 69.0 cm³/mol. The van der Waals surface area contributed by atoms with Gasteiger partial charge in [-0.05, 0) is 24.3 Å². The number of hydrogen-bond acceptors (Lipinski definition) is 4. The van der Waals surface area contributed by atoms with E-state index in [0.29, 0.717) is 0 Å². The second kappa shape index (κ2) is 5.11. The van der Waals surface area contributed by atoms with Gasteiger partial charge >= 0.3 is 5.69 Å². The Morgan fingerprint density at radius 2 is 2.05 bits per heavy atom. The maximum Gasteiger partial charge on any atom is 0.334 e. The van der Waals surface area contributed by atoms with Crippen molar-refractivity contribution in [1.82, 2.24) is 0 Å². The van der Waals surface area contributed by atoms with Gasteiger partial charge in [0.15, 0.2) is 0 Å². The molecular formula is C12H8ClFN2O3. The van der Waals surface area contributed by atoms with Crippen LogP contribution < -0.4 is 10.5 Å². The number of nitrogens with two attached hydrogens (primary N) is 1. The molecule has 0 unspecified atom stereocenters. The minimum absolute atomic E-state index is 0.0179. The van der Waals surface area contributed by atoms with Crippen LogP contribution >= 0.6 is 11.6 Å². The van der Waals surface area contributed by atoms with E-state index < -0.39 is 10.7 Å². The van der Waals surface area contributed by atoms with E-state index in [0.717, 1.165) is 6.07 Å². The molecule has 5 nitrogen and oxygen atoms in total. The molecule has 0 amide bonds. The molecule has 0 aromatic heterocycles. The van der Waals surface area contributed by atoms with Crippen molar-refractivity contribution in [2.45, 2.75) is 0 Å². The van der Waals surface area contributed by atoms with Crippen molar-refractivity contribution < 1.29 is 14.1 Å². The molecule has 0 fully saturated rings. The van der Waals surface area contributed by atoms with Gasteiger partial charge in [0, 0.05) is 6.07 Å². The van der Waals surface area contributed by atoms with Crippen molar-refractivity contribution in [3.05, 3.63) is 57.4 Å². The van der Waals surface area contributed by atoms with Crippen LogP contribution in [0.1, 0.15) is 0 Å². The fourth-order valence-electron chi connectivity index (χ4n) is 1.48. The van der Waals surface area contributed by atoms with Gasteiger partial charge in [-0.2, -0.15) is 0 Å². The zero-order chi connectivity index (χ0) is 14.0. The molecule has 0 radical (unpaired) electrons. The summed E-state index contributed by atoms with van der Waals surface area (Å²) in [5, 5.41) is 10.8. The number of para-hydroxylation sites is 1. The van der Waals surface area contributed by atoms with E-state index in [9.17, 15) is 14.5 Å². The van der Waals surface area contributed by atoms with Crippen LogP contribution in [0.15, 0.2) is 36.4 Å². The summed E-state index contributed by atoms with van der Waals surface area (Å²) in [6.45, 7) is 0. The number of ether oxygens (including phenoxy) is 1. The number of benzene rings is 2. The lowest BCUT2D eigenvalue weighted by Gasteiger charge is -2.08. The Kier molecular flexibility index (Phi) is 3.52. The number of nitrogen functional groups attached to an aromatic ring is 1. The number of nitro benzene ring substituents is 1. The molecule has 0 saturated heterocycles. The Morgan fingerprint density at radius 3 is 2.68 bits per heavy atom. The molecule has 0 heterocycles. The number of anilines is 1. The van der Waals surface area contributed by atoms with Gasteiger partial charge in [-0.15, -0.1) is 0 Å². The number of rotatable bonds is 3. The Bertz CT molecular complexity index is 649. The van der Waals surface area contributed by atoms with E-state index >= 15 is 0 Å². The lowest BCUT2D eigenvalue weighted by Crippen LogP contribution is -1.98. The van der Waals surface area contributed by atoms with Gasteiger partial charge in [0.05, 0.1) is 9.95 Å². The molecule has 2 aromatic rings. The average Bonchev–Trinajstić information content (AvgIpc) is 2.33. The normalized spacial score (nSPS) is 10.2. The van der Waals surface area contributed by atoms with E-state index in [-0.39, 0.29) is 27.9 Å². The second-order valence-electron chi connectivity index (χ2n) is 3.63. The Morgan fingerprint density at radius 1 is 1.32 bits per heavy atom. The molecule has 19 heavy (non-hydrogen) atoms. The third kappa shape index (κ3) is 2.74. The predicted octanol–water partition coefficient (Wildman–Crippen LogP) is 3.76. The van der Waals surface area contributed by atoms with Crippen molar-refractivity contribution >= 4 is 23.0 Å². The van der Waals surface area contributed by atoms with Crippen LogP contribution in [0, 0.1) is 15.9 Å². The highest BCUT2D eigenvalue weighted by atomic mass is 35.5. The zero-order valence-corrected chi connectivity index (χ0v) is 10.2. The fraction of sp³-hybridized carbons (Fsp3) is 0. The molecule has 2 rings (SSSR count). The molecule has 98 valence electrons. The summed E-state index contributed by atoms with van der Waals surface area (Å²) in [4.78, 5) is 10.3. The smallest absolute Gasteiger partial charge is 0.334 e. The number of hydrogen-bond donors (Lipinski definition) is 1. The van der Waals surface area contributed by atoms with E-state index in [1.807, 2.05) is 0 Å². The molecule has 2 aromatic carbocycles. The Balaban J connectivity index is 2.40. The highest BCUT2D eigenvalue weighted by Gasteiger charge is 2.19. The molecule has 0 bridgehead atoms. The highest BCUT2D eigenvalue weighted by molar-refractivity contribution is 6.30. The van der Waals surface area contributed by atoms with Crippen molar-refractivity contribution in [3.8, 4) is 11.5 Å². The van der Waals surface area contributed by atoms with Crippen molar-refractivity contribution in [2.24, 2.45) is 0 Å². The number of nitrogens with zero attached hydrogens (tertiary/aromatic N) is 1. The van der Waals surface area contributed by atoms with Crippen molar-refractivity contribution in [2.75, 3.05) is 5.73 Å². The summed E-state index contributed by atoms with van der Waals surface area (Å²) in [6, 6.07) is 7.95. The largest absolute Gasteiger partial charge is 0.450 e. The van der Waals surface area contributed by atoms with Crippen LogP contribution in [0.4, 0.5) is 15.8 Å². The summed E-state index contributed by atoms with van der Waals surface area (Å²) < 4.78 is 18.3. The monoisotopic (exact) mass is 282 g/mol. The van der Waals surface area contributed by atoms with Crippen LogP contribution in [-0.2, 0) is 0 Å². The van der Waals surface area contributed by atoms with Crippen LogP contribution in [0.2, 0.25) is 5.02 Å². The molecule has 0 aliphatic rings. The molecule has 0 aliphatic heterocycles. The lowest BCUT2D eigenvalue weighted by atomic mass is 10.2. The minimum Gasteiger partial charge on any atom is -0.450 e. The van der Waals surface area contributed by atoms with Crippen LogP contribution in [0.5, 0.6) is 11.5 Å². The summed E-state index contributed by atoms with van der Waals surface area (Å²) in [6.07, 6.45) is 0. The summed E-state index contributed by atoms with van der Waals surface area (Å²) >= 11 is 5.60. The Hall–Kier alpha value is -2.34. The Labute approximate surface area is 112 Å². The first-order valence-electron chi connectivity index (χ1n) is 5.15. The van der Waals surface area contributed by atoms with Crippen LogP contribution in [0.3, 0.4) is 0 Å². The van der Waals surface area contributed by atoms with E-state index in [2.05, 4.69) is 0 Å². The zero-order valence-electron chi connectivity index (χ0n) is 9.47. The SMILES string of the molecule is Nc1cccc(Oc2ccc(F)c(Cl)c2)c1[N+](=O)[O-]. The summed E-state index contributed by atoms with van der Waals surface area (Å²) in [5.74, 6) is -0.455. The van der Waals surface area contributed by atoms with Gasteiger partial charge in [0.2, 0.25) is 5.75 Å².